The van der Waals surface area contributed by atoms with Gasteiger partial charge in [-0.1, -0.05) is 0 Å². The van der Waals surface area contributed by atoms with Crippen molar-refractivity contribution in [1.82, 2.24) is 0 Å². The normalized spacial score (nSPS) is 38.2. The van der Waals surface area contributed by atoms with E-state index in [4.69, 9.17) is 10.5 Å². The van der Waals surface area contributed by atoms with Crippen molar-refractivity contribution < 1.29 is 4.74 Å². The van der Waals surface area contributed by atoms with Gasteiger partial charge in [-0.3, -0.25) is 0 Å². The molecule has 0 bridgehead atoms. The molecule has 0 aromatic rings. The second-order valence-electron chi connectivity index (χ2n) is 2.19. The van der Waals surface area contributed by atoms with Gasteiger partial charge in [-0.15, -0.1) is 0 Å². The lowest BCUT2D eigenvalue weighted by Crippen LogP contribution is -2.19. The molecule has 0 saturated carbocycles. The largest absolute Gasteiger partial charge is 0.374 e. The average Bonchev–Trinajstić information content (AvgIpc) is 2.14. The number of ether oxygens (including phenoxy) is 1. The van der Waals surface area contributed by atoms with Crippen molar-refractivity contribution in [1.29, 1.82) is 0 Å². The van der Waals surface area contributed by atoms with E-state index in [1.54, 1.807) is 0 Å². The van der Waals surface area contributed by atoms with Gasteiger partial charge in [0.15, 0.2) is 0 Å². The number of nitrogens with two attached hydrogens (primary N) is 1. The maximum atomic E-state index is 5.34. The maximum absolute atomic E-state index is 5.34. The van der Waals surface area contributed by atoms with Crippen LogP contribution in [0.4, 0.5) is 0 Å². The van der Waals surface area contributed by atoms with Gasteiger partial charge in [0.2, 0.25) is 0 Å². The first-order chi connectivity index (χ1) is 3.83. The second kappa shape index (κ2) is 2.46. The summed E-state index contributed by atoms with van der Waals surface area (Å²) >= 11 is 0. The first kappa shape index (κ1) is 6.05. The molecule has 0 aliphatic carbocycles. The van der Waals surface area contributed by atoms with E-state index < -0.39 is 0 Å². The van der Waals surface area contributed by atoms with Crippen LogP contribution in [0.15, 0.2) is 0 Å². The third kappa shape index (κ3) is 1.20. The molecular weight excluding hydrogens is 102 g/mol. The van der Waals surface area contributed by atoms with Crippen molar-refractivity contribution in [2.24, 2.45) is 5.73 Å². The molecule has 0 spiro atoms. The van der Waals surface area contributed by atoms with Crippen LogP contribution in [-0.4, -0.2) is 18.8 Å². The van der Waals surface area contributed by atoms with Crippen LogP contribution in [0.3, 0.4) is 0 Å². The predicted molar refractivity (Wildman–Crippen MR) is 32.3 cm³/mol. The molecule has 0 amide bonds. The molecule has 2 heteroatoms. The molecule has 2 unspecified atom stereocenters. The fourth-order valence-corrected chi connectivity index (χ4v) is 0.953. The summed E-state index contributed by atoms with van der Waals surface area (Å²) in [5, 5.41) is 0. The van der Waals surface area contributed by atoms with Gasteiger partial charge < -0.3 is 10.5 Å². The minimum atomic E-state index is 0.198. The van der Waals surface area contributed by atoms with E-state index in [0.29, 0.717) is 6.54 Å². The molecule has 1 aliphatic rings. The van der Waals surface area contributed by atoms with Gasteiger partial charge in [0.1, 0.15) is 0 Å². The fraction of sp³-hybridized carbons (Fsp3) is 0.833. The summed E-state index contributed by atoms with van der Waals surface area (Å²) in [4.78, 5) is 0. The van der Waals surface area contributed by atoms with Gasteiger partial charge in [-0.25, -0.2) is 0 Å². The highest BCUT2D eigenvalue weighted by Gasteiger charge is 2.19. The van der Waals surface area contributed by atoms with E-state index in [9.17, 15) is 0 Å². The second-order valence-corrected chi connectivity index (χ2v) is 2.19. The van der Waals surface area contributed by atoms with E-state index >= 15 is 0 Å². The summed E-state index contributed by atoms with van der Waals surface area (Å²) in [5.74, 6) is 0. The monoisotopic (exact) mass is 114 g/mol. The Morgan fingerprint density at radius 3 is 2.62 bits per heavy atom. The molecule has 1 fully saturated rings. The quantitative estimate of drug-likeness (QED) is 0.533. The van der Waals surface area contributed by atoms with Crippen LogP contribution in [0.5, 0.6) is 0 Å². The predicted octanol–water partition coefficient (Wildman–Crippen LogP) is 0.327. The van der Waals surface area contributed by atoms with Gasteiger partial charge in [0, 0.05) is 6.54 Å². The molecule has 1 heterocycles. The molecule has 1 rings (SSSR count). The Morgan fingerprint density at radius 2 is 2.38 bits per heavy atom. The summed E-state index contributed by atoms with van der Waals surface area (Å²) in [7, 11) is 0. The Hall–Kier alpha value is -0.0800. The third-order valence-electron chi connectivity index (χ3n) is 1.46. The third-order valence-corrected chi connectivity index (χ3v) is 1.46. The standard InChI is InChI=1S/C6H12NO/c1-5-2-3-6(4-7)8-5/h5-6H,1-4,7H2. The first-order valence-electron chi connectivity index (χ1n) is 3.01. The molecule has 1 saturated heterocycles. The van der Waals surface area contributed by atoms with Crippen LogP contribution in [0.1, 0.15) is 12.8 Å². The Kier molecular flexibility index (Phi) is 1.86. The Labute approximate surface area is 50.0 Å². The molecule has 0 aromatic carbocycles. The minimum Gasteiger partial charge on any atom is -0.374 e. The van der Waals surface area contributed by atoms with Crippen LogP contribution in [-0.2, 0) is 4.74 Å². The molecule has 0 aromatic heterocycles. The van der Waals surface area contributed by atoms with Crippen molar-refractivity contribution in [3.05, 3.63) is 6.92 Å². The van der Waals surface area contributed by atoms with Crippen LogP contribution >= 0.6 is 0 Å². The highest BCUT2D eigenvalue weighted by molar-refractivity contribution is 4.74. The van der Waals surface area contributed by atoms with E-state index in [-0.39, 0.29) is 12.2 Å². The summed E-state index contributed by atoms with van der Waals surface area (Å²) in [6, 6.07) is 0. The molecule has 2 nitrogen and oxygen atoms in total. The SMILES string of the molecule is [CH2]C1CCC(CN)O1. The summed E-state index contributed by atoms with van der Waals surface area (Å²) in [6.07, 6.45) is 2.65. The molecule has 1 radical (unpaired) electrons. The fourth-order valence-electron chi connectivity index (χ4n) is 0.953. The molecule has 1 aliphatic heterocycles. The van der Waals surface area contributed by atoms with Crippen LogP contribution in [0.25, 0.3) is 0 Å². The van der Waals surface area contributed by atoms with Crippen molar-refractivity contribution in [2.75, 3.05) is 6.54 Å². The molecule has 8 heavy (non-hydrogen) atoms. The number of rotatable bonds is 1. The van der Waals surface area contributed by atoms with Crippen LogP contribution in [0.2, 0.25) is 0 Å². The van der Waals surface area contributed by atoms with Crippen LogP contribution in [0, 0.1) is 6.92 Å². The summed E-state index contributed by atoms with van der Waals surface area (Å²) < 4.78 is 5.27. The van der Waals surface area contributed by atoms with Crippen molar-refractivity contribution in [3.63, 3.8) is 0 Å². The molecule has 2 atom stereocenters. The Balaban J connectivity index is 2.22. The van der Waals surface area contributed by atoms with E-state index in [2.05, 4.69) is 6.92 Å². The average molecular weight is 114 g/mol. The molecular formula is C6H12NO. The molecule has 47 valence electrons. The smallest absolute Gasteiger partial charge is 0.0702 e. The van der Waals surface area contributed by atoms with Crippen molar-refractivity contribution >= 4 is 0 Å². The lowest BCUT2D eigenvalue weighted by atomic mass is 10.2. The van der Waals surface area contributed by atoms with Gasteiger partial charge in [0.25, 0.3) is 0 Å². The van der Waals surface area contributed by atoms with Gasteiger partial charge >= 0.3 is 0 Å². The molecule has 2 N–H and O–H groups in total. The van der Waals surface area contributed by atoms with Crippen molar-refractivity contribution in [3.8, 4) is 0 Å². The number of hydrogen-bond donors (Lipinski definition) is 1. The zero-order valence-electron chi connectivity index (χ0n) is 4.97. The zero-order valence-corrected chi connectivity index (χ0v) is 4.97. The lowest BCUT2D eigenvalue weighted by molar-refractivity contribution is 0.0753. The minimum absolute atomic E-state index is 0.198. The highest BCUT2D eigenvalue weighted by atomic mass is 16.5. The Morgan fingerprint density at radius 1 is 1.62 bits per heavy atom. The topological polar surface area (TPSA) is 35.2 Å². The van der Waals surface area contributed by atoms with Gasteiger partial charge in [-0.2, -0.15) is 0 Å². The van der Waals surface area contributed by atoms with Gasteiger partial charge in [-0.05, 0) is 19.8 Å². The Bertz CT molecular complexity index is 74.9. The van der Waals surface area contributed by atoms with Gasteiger partial charge in [0.05, 0.1) is 12.2 Å². The summed E-state index contributed by atoms with van der Waals surface area (Å²) in [5.41, 5.74) is 5.34. The lowest BCUT2D eigenvalue weighted by Gasteiger charge is -2.05. The van der Waals surface area contributed by atoms with E-state index in [1.807, 2.05) is 0 Å². The summed E-state index contributed by atoms with van der Waals surface area (Å²) in [6.45, 7) is 4.40. The highest BCUT2D eigenvalue weighted by Crippen LogP contribution is 2.16. The maximum Gasteiger partial charge on any atom is 0.0702 e. The van der Waals surface area contributed by atoms with E-state index in [0.717, 1.165) is 12.8 Å². The van der Waals surface area contributed by atoms with Crippen LogP contribution < -0.4 is 5.73 Å². The van der Waals surface area contributed by atoms with Crippen molar-refractivity contribution in [2.45, 2.75) is 25.0 Å². The van der Waals surface area contributed by atoms with E-state index in [1.165, 1.54) is 0 Å². The first-order valence-corrected chi connectivity index (χ1v) is 3.01. The zero-order chi connectivity index (χ0) is 5.98. The number of hydrogen-bond acceptors (Lipinski definition) is 2.